The SMILES string of the molecule is Cc1ccc(F)c(CCC(C)O)c1. The maximum Gasteiger partial charge on any atom is 0.126 e. The van der Waals surface area contributed by atoms with Crippen LogP contribution in [0.15, 0.2) is 18.2 Å². The minimum Gasteiger partial charge on any atom is -0.393 e. The van der Waals surface area contributed by atoms with Crippen LogP contribution >= 0.6 is 0 Å². The summed E-state index contributed by atoms with van der Waals surface area (Å²) in [4.78, 5) is 0. The molecule has 2 heteroatoms. The van der Waals surface area contributed by atoms with Gasteiger partial charge in [0.15, 0.2) is 0 Å². The number of aliphatic hydroxyl groups excluding tert-OH is 1. The molecule has 0 aliphatic carbocycles. The van der Waals surface area contributed by atoms with Crippen molar-refractivity contribution in [1.82, 2.24) is 0 Å². The number of halogens is 1. The van der Waals surface area contributed by atoms with Gasteiger partial charge in [0.2, 0.25) is 0 Å². The molecule has 0 aromatic heterocycles. The number of aliphatic hydroxyl groups is 1. The molecule has 0 bridgehead atoms. The highest BCUT2D eigenvalue weighted by Crippen LogP contribution is 2.12. The molecule has 1 rings (SSSR count). The van der Waals surface area contributed by atoms with Crippen molar-refractivity contribution >= 4 is 0 Å². The molecule has 0 heterocycles. The molecular formula is C11H15FO. The third kappa shape index (κ3) is 3.15. The van der Waals surface area contributed by atoms with Gasteiger partial charge in [-0.25, -0.2) is 4.39 Å². The highest BCUT2D eigenvalue weighted by atomic mass is 19.1. The van der Waals surface area contributed by atoms with E-state index in [1.807, 2.05) is 13.0 Å². The first-order valence-corrected chi connectivity index (χ1v) is 4.52. The van der Waals surface area contributed by atoms with Crippen molar-refractivity contribution in [1.29, 1.82) is 0 Å². The zero-order valence-electron chi connectivity index (χ0n) is 8.05. The summed E-state index contributed by atoms with van der Waals surface area (Å²) in [6.07, 6.45) is 0.853. The Balaban J connectivity index is 2.70. The fraction of sp³-hybridized carbons (Fsp3) is 0.455. The summed E-state index contributed by atoms with van der Waals surface area (Å²) in [6.45, 7) is 3.65. The fourth-order valence-corrected chi connectivity index (χ4v) is 1.26. The predicted octanol–water partition coefficient (Wildman–Crippen LogP) is 2.45. The molecule has 0 radical (unpaired) electrons. The van der Waals surface area contributed by atoms with Crippen LogP contribution in [0, 0.1) is 12.7 Å². The van der Waals surface area contributed by atoms with Gasteiger partial charge in [0.05, 0.1) is 6.10 Å². The average Bonchev–Trinajstić information content (AvgIpc) is 2.06. The fourth-order valence-electron chi connectivity index (χ4n) is 1.26. The van der Waals surface area contributed by atoms with E-state index < -0.39 is 0 Å². The minimum absolute atomic E-state index is 0.175. The molecule has 1 nitrogen and oxygen atoms in total. The van der Waals surface area contributed by atoms with E-state index in [0.29, 0.717) is 18.4 Å². The van der Waals surface area contributed by atoms with Gasteiger partial charge in [0, 0.05) is 0 Å². The molecule has 0 saturated heterocycles. The standard InChI is InChI=1S/C11H15FO/c1-8-3-6-11(12)10(7-8)5-4-9(2)13/h3,6-7,9,13H,4-5H2,1-2H3. The highest BCUT2D eigenvalue weighted by molar-refractivity contribution is 5.24. The first kappa shape index (κ1) is 10.2. The molecular weight excluding hydrogens is 167 g/mol. The van der Waals surface area contributed by atoms with Crippen molar-refractivity contribution in [2.75, 3.05) is 0 Å². The van der Waals surface area contributed by atoms with E-state index in [9.17, 15) is 4.39 Å². The van der Waals surface area contributed by atoms with Gasteiger partial charge in [0.25, 0.3) is 0 Å². The largest absolute Gasteiger partial charge is 0.393 e. The Morgan fingerprint density at radius 3 is 2.77 bits per heavy atom. The molecule has 1 aromatic rings. The predicted molar refractivity (Wildman–Crippen MR) is 51.1 cm³/mol. The summed E-state index contributed by atoms with van der Waals surface area (Å²) in [6, 6.07) is 5.06. The van der Waals surface area contributed by atoms with Crippen LogP contribution in [0.4, 0.5) is 4.39 Å². The van der Waals surface area contributed by atoms with Gasteiger partial charge >= 0.3 is 0 Å². The second-order valence-electron chi connectivity index (χ2n) is 3.48. The average molecular weight is 182 g/mol. The van der Waals surface area contributed by atoms with E-state index >= 15 is 0 Å². The van der Waals surface area contributed by atoms with Gasteiger partial charge in [-0.2, -0.15) is 0 Å². The van der Waals surface area contributed by atoms with Crippen LogP contribution in [0.2, 0.25) is 0 Å². The van der Waals surface area contributed by atoms with Gasteiger partial charge in [-0.3, -0.25) is 0 Å². The lowest BCUT2D eigenvalue weighted by Crippen LogP contribution is -2.02. The van der Waals surface area contributed by atoms with E-state index in [-0.39, 0.29) is 11.9 Å². The number of hydrogen-bond acceptors (Lipinski definition) is 1. The van der Waals surface area contributed by atoms with Crippen LogP contribution < -0.4 is 0 Å². The Hall–Kier alpha value is -0.890. The Labute approximate surface area is 78.2 Å². The van der Waals surface area contributed by atoms with E-state index in [4.69, 9.17) is 5.11 Å². The lowest BCUT2D eigenvalue weighted by atomic mass is 10.0. The lowest BCUT2D eigenvalue weighted by molar-refractivity contribution is 0.184. The molecule has 1 unspecified atom stereocenters. The van der Waals surface area contributed by atoms with Crippen molar-refractivity contribution in [3.63, 3.8) is 0 Å². The Morgan fingerprint density at radius 2 is 2.15 bits per heavy atom. The first-order valence-electron chi connectivity index (χ1n) is 4.52. The minimum atomic E-state index is -0.361. The summed E-state index contributed by atoms with van der Waals surface area (Å²) in [7, 11) is 0. The van der Waals surface area contributed by atoms with Gasteiger partial charge in [-0.05, 0) is 38.3 Å². The number of hydrogen-bond donors (Lipinski definition) is 1. The summed E-state index contributed by atoms with van der Waals surface area (Å²) in [5.41, 5.74) is 1.75. The van der Waals surface area contributed by atoms with Gasteiger partial charge in [-0.1, -0.05) is 17.7 Å². The second kappa shape index (κ2) is 4.38. The topological polar surface area (TPSA) is 20.2 Å². The van der Waals surface area contributed by atoms with Crippen LogP contribution in [0.25, 0.3) is 0 Å². The van der Waals surface area contributed by atoms with Crippen molar-refractivity contribution in [3.05, 3.63) is 35.1 Å². The molecule has 0 aliphatic heterocycles. The maximum absolute atomic E-state index is 13.1. The molecule has 72 valence electrons. The van der Waals surface area contributed by atoms with Gasteiger partial charge < -0.3 is 5.11 Å². The van der Waals surface area contributed by atoms with Crippen molar-refractivity contribution in [2.24, 2.45) is 0 Å². The van der Waals surface area contributed by atoms with Gasteiger partial charge in [0.1, 0.15) is 5.82 Å². The second-order valence-corrected chi connectivity index (χ2v) is 3.48. The highest BCUT2D eigenvalue weighted by Gasteiger charge is 2.03. The molecule has 0 amide bonds. The Kier molecular flexibility index (Phi) is 3.43. The molecule has 0 saturated carbocycles. The lowest BCUT2D eigenvalue weighted by Gasteiger charge is -2.06. The van der Waals surface area contributed by atoms with Crippen LogP contribution in [0.5, 0.6) is 0 Å². The normalized spacial score (nSPS) is 12.9. The van der Waals surface area contributed by atoms with Crippen LogP contribution in [0.3, 0.4) is 0 Å². The van der Waals surface area contributed by atoms with Crippen molar-refractivity contribution in [3.8, 4) is 0 Å². The van der Waals surface area contributed by atoms with Crippen LogP contribution in [-0.2, 0) is 6.42 Å². The molecule has 1 N–H and O–H groups in total. The third-order valence-corrected chi connectivity index (χ3v) is 2.03. The molecule has 1 aromatic carbocycles. The third-order valence-electron chi connectivity index (χ3n) is 2.03. The first-order chi connectivity index (χ1) is 6.09. The smallest absolute Gasteiger partial charge is 0.126 e. The van der Waals surface area contributed by atoms with Crippen LogP contribution in [-0.4, -0.2) is 11.2 Å². The molecule has 0 aliphatic rings. The zero-order valence-corrected chi connectivity index (χ0v) is 8.05. The maximum atomic E-state index is 13.1. The molecule has 13 heavy (non-hydrogen) atoms. The van der Waals surface area contributed by atoms with Crippen molar-refractivity contribution < 1.29 is 9.50 Å². The van der Waals surface area contributed by atoms with Crippen molar-refractivity contribution in [2.45, 2.75) is 32.8 Å². The number of benzene rings is 1. The summed E-state index contributed by atoms with van der Waals surface area (Å²) in [5, 5.41) is 9.05. The zero-order chi connectivity index (χ0) is 9.84. The Bertz CT molecular complexity index is 281. The monoisotopic (exact) mass is 182 g/mol. The van der Waals surface area contributed by atoms with E-state index in [1.165, 1.54) is 6.07 Å². The molecule has 1 atom stereocenters. The van der Waals surface area contributed by atoms with E-state index in [2.05, 4.69) is 0 Å². The van der Waals surface area contributed by atoms with Crippen LogP contribution in [0.1, 0.15) is 24.5 Å². The van der Waals surface area contributed by atoms with Gasteiger partial charge in [-0.15, -0.1) is 0 Å². The molecule has 0 spiro atoms. The quantitative estimate of drug-likeness (QED) is 0.761. The number of aryl methyl sites for hydroxylation is 2. The van der Waals surface area contributed by atoms with E-state index in [1.54, 1.807) is 13.0 Å². The molecule has 0 fully saturated rings. The number of rotatable bonds is 3. The van der Waals surface area contributed by atoms with E-state index in [0.717, 1.165) is 5.56 Å². The Morgan fingerprint density at radius 1 is 1.46 bits per heavy atom. The summed E-state index contributed by atoms with van der Waals surface area (Å²) < 4.78 is 13.1. The summed E-state index contributed by atoms with van der Waals surface area (Å²) in [5.74, 6) is -0.175. The summed E-state index contributed by atoms with van der Waals surface area (Å²) >= 11 is 0.